The van der Waals surface area contributed by atoms with Gasteiger partial charge in [0.1, 0.15) is 10.6 Å². The van der Waals surface area contributed by atoms with Crippen molar-refractivity contribution in [1.29, 1.82) is 0 Å². The molecule has 0 fully saturated rings. The van der Waals surface area contributed by atoms with Crippen molar-refractivity contribution in [2.45, 2.75) is 69.6 Å². The van der Waals surface area contributed by atoms with E-state index in [0.29, 0.717) is 12.2 Å². The third-order valence-electron chi connectivity index (χ3n) is 4.68. The van der Waals surface area contributed by atoms with Gasteiger partial charge in [-0.1, -0.05) is 76.1 Å². The third kappa shape index (κ3) is 9.51. The number of ether oxygens (including phenoxy) is 1. The Morgan fingerprint density at radius 2 is 1.48 bits per heavy atom. The van der Waals surface area contributed by atoms with Crippen LogP contribution in [0.15, 0.2) is 47.4 Å². The van der Waals surface area contributed by atoms with Gasteiger partial charge in [-0.2, -0.15) is 8.42 Å². The molecule has 0 unspecified atom stereocenters. The number of hydrogen-bond acceptors (Lipinski definition) is 4. The summed E-state index contributed by atoms with van der Waals surface area (Å²) in [6, 6.07) is 10.4. The van der Waals surface area contributed by atoms with Crippen LogP contribution in [-0.2, 0) is 16.5 Å². The Hall–Kier alpha value is -0.414. The van der Waals surface area contributed by atoms with Gasteiger partial charge in [0.2, 0.25) is 0 Å². The Labute approximate surface area is 217 Å². The van der Waals surface area contributed by atoms with Crippen LogP contribution in [0.25, 0.3) is 0 Å². The van der Waals surface area contributed by atoms with E-state index in [4.69, 9.17) is 4.74 Å². The first-order valence-electron chi connectivity index (χ1n) is 9.96. The molecule has 29 heavy (non-hydrogen) atoms. The first kappa shape index (κ1) is 26.6. The minimum atomic E-state index is -4.42. The van der Waals surface area contributed by atoms with Crippen LogP contribution in [0.3, 0.4) is 0 Å². The van der Waals surface area contributed by atoms with E-state index >= 15 is 0 Å². The van der Waals surface area contributed by atoms with E-state index in [-0.39, 0.29) is 67.8 Å². The fourth-order valence-electron chi connectivity index (χ4n) is 3.15. The van der Waals surface area contributed by atoms with E-state index < -0.39 is 10.1 Å². The first-order chi connectivity index (χ1) is 13.4. The van der Waals surface area contributed by atoms with Crippen molar-refractivity contribution < 1.29 is 74.2 Å². The standard InChI is InChI=1S/C22H30O5S.K/c1-2-3-4-5-6-7-8-9-11-18-12-10-13-21(28(24,25)26)22(18)27-20-16-14-19(23)15-17-20;/h10,12-17,23H,2-9,11H2,1H3,(H,24,25,26);/q;+1/p-1. The smallest absolute Gasteiger partial charge is 0.872 e. The van der Waals surface area contributed by atoms with Crippen molar-refractivity contribution >= 4 is 10.1 Å². The zero-order valence-corrected chi connectivity index (χ0v) is 21.3. The van der Waals surface area contributed by atoms with Crippen molar-refractivity contribution in [1.82, 2.24) is 0 Å². The zero-order chi connectivity index (χ0) is 20.4. The molecule has 0 radical (unpaired) electrons. The third-order valence-corrected chi connectivity index (χ3v) is 5.56. The maximum absolute atomic E-state index is 11.8. The van der Waals surface area contributed by atoms with Crippen molar-refractivity contribution in [3.8, 4) is 17.2 Å². The van der Waals surface area contributed by atoms with Crippen LogP contribution in [0.4, 0.5) is 0 Å². The van der Waals surface area contributed by atoms with E-state index in [0.717, 1.165) is 24.8 Å². The first-order valence-corrected chi connectivity index (χ1v) is 11.4. The predicted molar refractivity (Wildman–Crippen MR) is 109 cm³/mol. The Morgan fingerprint density at radius 1 is 0.897 bits per heavy atom. The van der Waals surface area contributed by atoms with Crippen molar-refractivity contribution in [3.63, 3.8) is 0 Å². The van der Waals surface area contributed by atoms with Gasteiger partial charge >= 0.3 is 51.4 Å². The Morgan fingerprint density at radius 3 is 2.07 bits per heavy atom. The van der Waals surface area contributed by atoms with Gasteiger partial charge in [-0.3, -0.25) is 4.55 Å². The summed E-state index contributed by atoms with van der Waals surface area (Å²) in [4.78, 5) is -0.254. The van der Waals surface area contributed by atoms with E-state index in [2.05, 4.69) is 6.92 Å². The summed E-state index contributed by atoms with van der Waals surface area (Å²) >= 11 is 0. The molecule has 2 rings (SSSR count). The van der Waals surface area contributed by atoms with Crippen LogP contribution in [0, 0.1) is 0 Å². The van der Waals surface area contributed by atoms with E-state index in [9.17, 15) is 18.1 Å². The van der Waals surface area contributed by atoms with Crippen LogP contribution >= 0.6 is 0 Å². The summed E-state index contributed by atoms with van der Waals surface area (Å²) in [6.07, 6.45) is 10.1. The van der Waals surface area contributed by atoms with Crippen LogP contribution in [0.1, 0.15) is 63.9 Å². The Balaban J connectivity index is 0.00000420. The fraction of sp³-hybridized carbons (Fsp3) is 0.455. The largest absolute Gasteiger partial charge is 1.00 e. The molecular weight excluding hydrogens is 415 g/mol. The Kier molecular flexibility index (Phi) is 12.7. The van der Waals surface area contributed by atoms with Gasteiger partial charge in [0, 0.05) is 0 Å². The number of para-hydroxylation sites is 1. The van der Waals surface area contributed by atoms with Crippen molar-refractivity contribution in [2.75, 3.05) is 0 Å². The van der Waals surface area contributed by atoms with E-state index in [1.54, 1.807) is 6.07 Å². The second-order valence-corrected chi connectivity index (χ2v) is 8.41. The summed E-state index contributed by atoms with van der Waals surface area (Å²) in [7, 11) is -4.42. The van der Waals surface area contributed by atoms with Gasteiger partial charge in [-0.05, 0) is 36.6 Å². The molecule has 0 bridgehead atoms. The summed E-state index contributed by atoms with van der Waals surface area (Å²) < 4.78 is 38.9. The number of hydrogen-bond donors (Lipinski definition) is 1. The van der Waals surface area contributed by atoms with Crippen LogP contribution < -0.4 is 61.2 Å². The summed E-state index contributed by atoms with van der Waals surface area (Å²) in [6.45, 7) is 2.20. The molecule has 5 nitrogen and oxygen atoms in total. The number of rotatable bonds is 12. The monoisotopic (exact) mass is 444 g/mol. The maximum Gasteiger partial charge on any atom is 1.00 e. The molecule has 154 valence electrons. The second kappa shape index (κ2) is 13.8. The molecule has 0 saturated carbocycles. The molecule has 7 heteroatoms. The molecule has 2 aromatic carbocycles. The molecule has 0 saturated heterocycles. The molecule has 0 aliphatic carbocycles. The Bertz CT molecular complexity index is 835. The van der Waals surface area contributed by atoms with Gasteiger partial charge in [0.15, 0.2) is 5.75 Å². The number of aryl methyl sites for hydroxylation is 1. The topological polar surface area (TPSA) is 86.7 Å². The minimum Gasteiger partial charge on any atom is -0.872 e. The van der Waals surface area contributed by atoms with Crippen molar-refractivity contribution in [3.05, 3.63) is 48.0 Å². The van der Waals surface area contributed by atoms with Gasteiger partial charge in [0.25, 0.3) is 10.1 Å². The van der Waals surface area contributed by atoms with E-state index in [1.807, 2.05) is 6.07 Å². The zero-order valence-electron chi connectivity index (χ0n) is 17.4. The van der Waals surface area contributed by atoms with Gasteiger partial charge in [-0.15, -0.1) is 5.75 Å². The average Bonchev–Trinajstić information content (AvgIpc) is 2.66. The molecule has 0 aliphatic rings. The molecule has 0 aromatic heterocycles. The van der Waals surface area contributed by atoms with Gasteiger partial charge in [-0.25, -0.2) is 0 Å². The molecule has 2 aromatic rings. The molecule has 0 atom stereocenters. The molecule has 1 N–H and O–H groups in total. The van der Waals surface area contributed by atoms with Crippen LogP contribution in [-0.4, -0.2) is 13.0 Å². The van der Waals surface area contributed by atoms with Crippen LogP contribution in [0.5, 0.6) is 17.2 Å². The van der Waals surface area contributed by atoms with E-state index in [1.165, 1.54) is 62.4 Å². The minimum absolute atomic E-state index is 0. The number of benzene rings is 2. The van der Waals surface area contributed by atoms with Crippen LogP contribution in [0.2, 0.25) is 0 Å². The summed E-state index contributed by atoms with van der Waals surface area (Å²) in [5.74, 6) is 0.328. The van der Waals surface area contributed by atoms with Crippen molar-refractivity contribution in [2.24, 2.45) is 0 Å². The number of unbranched alkanes of at least 4 members (excludes halogenated alkanes) is 7. The normalized spacial score (nSPS) is 11.1. The maximum atomic E-state index is 11.8. The SMILES string of the molecule is CCCCCCCCCCc1cccc(S(=O)(=O)O)c1Oc1ccc([O-])cc1.[K+]. The average molecular weight is 445 g/mol. The molecule has 0 heterocycles. The van der Waals surface area contributed by atoms with Gasteiger partial charge < -0.3 is 9.84 Å². The second-order valence-electron chi connectivity index (χ2n) is 7.02. The summed E-state index contributed by atoms with van der Waals surface area (Å²) in [5.41, 5.74) is 0.729. The molecule has 0 aliphatic heterocycles. The summed E-state index contributed by atoms with van der Waals surface area (Å²) in [5, 5.41) is 11.3. The predicted octanol–water partition coefficient (Wildman–Crippen LogP) is 2.49. The molecular formula is C22H29KO5S. The molecule has 0 amide bonds. The molecule has 0 spiro atoms. The van der Waals surface area contributed by atoms with Gasteiger partial charge in [0.05, 0.1) is 0 Å². The fourth-order valence-corrected chi connectivity index (χ4v) is 3.81. The quantitative estimate of drug-likeness (QED) is 0.309.